The van der Waals surface area contributed by atoms with E-state index in [0.717, 1.165) is 18.4 Å². The fourth-order valence-electron chi connectivity index (χ4n) is 3.32. The van der Waals surface area contributed by atoms with Crippen molar-refractivity contribution in [2.24, 2.45) is 0 Å². The number of hydrogen-bond acceptors (Lipinski definition) is 6. The quantitative estimate of drug-likeness (QED) is 0.802. The first-order valence-electron chi connectivity index (χ1n) is 9.51. The summed E-state index contributed by atoms with van der Waals surface area (Å²) in [6, 6.07) is 8.93. The number of nitrogens with zero attached hydrogens (tertiary/aromatic N) is 4. The summed E-state index contributed by atoms with van der Waals surface area (Å²) in [5, 5.41) is 8.95. The Kier molecular flexibility index (Phi) is 6.16. The minimum Gasteiger partial charge on any atom is -0.383 e. The highest BCUT2D eigenvalue weighted by molar-refractivity contribution is 5.63. The van der Waals surface area contributed by atoms with Gasteiger partial charge < -0.3 is 15.4 Å². The molecule has 3 rings (SSSR count). The third-order valence-electron chi connectivity index (χ3n) is 4.93. The summed E-state index contributed by atoms with van der Waals surface area (Å²) in [7, 11) is 0. The van der Waals surface area contributed by atoms with Gasteiger partial charge in [0.25, 0.3) is 5.56 Å². The number of nitriles is 1. The Morgan fingerprint density at radius 1 is 1.14 bits per heavy atom. The third-order valence-corrected chi connectivity index (χ3v) is 4.93. The summed E-state index contributed by atoms with van der Waals surface area (Å²) < 4.78 is 8.11. The molecule has 2 N–H and O–H groups in total. The van der Waals surface area contributed by atoms with Crippen molar-refractivity contribution in [3.8, 4) is 6.07 Å². The van der Waals surface area contributed by atoms with E-state index >= 15 is 0 Å². The summed E-state index contributed by atoms with van der Waals surface area (Å²) in [5.74, 6) is 0.224. The molecule has 1 aliphatic heterocycles. The van der Waals surface area contributed by atoms with E-state index in [9.17, 15) is 9.59 Å². The van der Waals surface area contributed by atoms with E-state index in [-0.39, 0.29) is 17.9 Å². The highest BCUT2D eigenvalue weighted by atomic mass is 16.5. The molecule has 0 aliphatic carbocycles. The van der Waals surface area contributed by atoms with E-state index in [4.69, 9.17) is 15.7 Å². The summed E-state index contributed by atoms with van der Waals surface area (Å²) in [5.41, 5.74) is 7.17. The number of morpholine rings is 1. The normalized spacial score (nSPS) is 14.1. The molecular formula is C20H25N5O3. The largest absolute Gasteiger partial charge is 0.383 e. The van der Waals surface area contributed by atoms with Crippen LogP contribution in [-0.2, 0) is 17.8 Å². The van der Waals surface area contributed by atoms with Gasteiger partial charge in [0.2, 0.25) is 0 Å². The van der Waals surface area contributed by atoms with Crippen molar-refractivity contribution in [2.75, 3.05) is 36.9 Å². The lowest BCUT2D eigenvalue weighted by molar-refractivity contribution is 0.122. The number of ether oxygens (including phenoxy) is 1. The van der Waals surface area contributed by atoms with Gasteiger partial charge in [-0.1, -0.05) is 25.5 Å². The Labute approximate surface area is 163 Å². The van der Waals surface area contributed by atoms with Crippen LogP contribution in [0.5, 0.6) is 0 Å². The molecule has 0 amide bonds. The Hall–Kier alpha value is -3.05. The van der Waals surface area contributed by atoms with Crippen molar-refractivity contribution in [3.63, 3.8) is 0 Å². The van der Waals surface area contributed by atoms with E-state index in [1.54, 1.807) is 24.3 Å². The van der Waals surface area contributed by atoms with E-state index in [1.165, 1.54) is 9.13 Å². The van der Waals surface area contributed by atoms with Gasteiger partial charge in [0.15, 0.2) is 0 Å². The van der Waals surface area contributed by atoms with Gasteiger partial charge in [0, 0.05) is 19.6 Å². The Balaban J connectivity index is 2.09. The minimum absolute atomic E-state index is 0.132. The molecule has 0 spiro atoms. The Bertz CT molecular complexity index is 979. The SMILES string of the molecule is CCCCn1c(N)c(N2CCOCC2)c(=O)n(Cc2ccc(C#N)cc2)c1=O. The van der Waals surface area contributed by atoms with Crippen LogP contribution >= 0.6 is 0 Å². The molecule has 8 heteroatoms. The fourth-order valence-corrected chi connectivity index (χ4v) is 3.32. The average Bonchev–Trinajstić information content (AvgIpc) is 2.72. The maximum Gasteiger partial charge on any atom is 0.332 e. The van der Waals surface area contributed by atoms with Gasteiger partial charge in [0.1, 0.15) is 11.5 Å². The van der Waals surface area contributed by atoms with Crippen molar-refractivity contribution in [1.29, 1.82) is 5.26 Å². The second-order valence-electron chi connectivity index (χ2n) is 6.82. The molecule has 1 saturated heterocycles. The number of hydrogen-bond donors (Lipinski definition) is 1. The van der Waals surface area contributed by atoms with Crippen LogP contribution in [0.15, 0.2) is 33.9 Å². The number of unbranched alkanes of at least 4 members (excludes halogenated alkanes) is 1. The standard InChI is InChI=1S/C20H25N5O3/c1-2-3-8-24-18(22)17(23-9-11-28-12-10-23)19(26)25(20(24)27)14-16-6-4-15(13-21)5-7-16/h4-7H,2-3,8-12,14,22H2,1H3. The first-order valence-corrected chi connectivity index (χ1v) is 9.51. The number of rotatable bonds is 6. The molecule has 0 atom stereocenters. The Morgan fingerprint density at radius 2 is 1.82 bits per heavy atom. The first kappa shape index (κ1) is 19.7. The van der Waals surface area contributed by atoms with Gasteiger partial charge in [-0.2, -0.15) is 5.26 Å². The van der Waals surface area contributed by atoms with Gasteiger partial charge in [-0.3, -0.25) is 13.9 Å². The molecule has 1 fully saturated rings. The van der Waals surface area contributed by atoms with E-state index in [0.29, 0.717) is 44.1 Å². The van der Waals surface area contributed by atoms with Gasteiger partial charge in [-0.15, -0.1) is 0 Å². The zero-order valence-corrected chi connectivity index (χ0v) is 16.1. The third kappa shape index (κ3) is 3.94. The second-order valence-corrected chi connectivity index (χ2v) is 6.82. The molecule has 1 aliphatic rings. The van der Waals surface area contributed by atoms with Gasteiger partial charge in [-0.25, -0.2) is 4.79 Å². The van der Waals surface area contributed by atoms with Crippen molar-refractivity contribution in [2.45, 2.75) is 32.9 Å². The van der Waals surface area contributed by atoms with Crippen LogP contribution < -0.4 is 21.9 Å². The zero-order valence-electron chi connectivity index (χ0n) is 16.1. The summed E-state index contributed by atoms with van der Waals surface area (Å²) in [6.45, 7) is 4.78. The summed E-state index contributed by atoms with van der Waals surface area (Å²) >= 11 is 0. The number of nitrogen functional groups attached to an aromatic ring is 1. The number of aromatic nitrogens is 2. The first-order chi connectivity index (χ1) is 13.6. The molecule has 148 valence electrons. The van der Waals surface area contributed by atoms with Crippen LogP contribution in [0.3, 0.4) is 0 Å². The lowest BCUT2D eigenvalue weighted by atomic mass is 10.1. The number of benzene rings is 1. The molecule has 8 nitrogen and oxygen atoms in total. The van der Waals surface area contributed by atoms with Crippen molar-refractivity contribution in [1.82, 2.24) is 9.13 Å². The van der Waals surface area contributed by atoms with Gasteiger partial charge in [-0.05, 0) is 24.1 Å². The summed E-state index contributed by atoms with van der Waals surface area (Å²) in [4.78, 5) is 28.1. The van der Waals surface area contributed by atoms with Crippen molar-refractivity contribution >= 4 is 11.5 Å². The van der Waals surface area contributed by atoms with E-state index in [1.807, 2.05) is 11.8 Å². The molecular weight excluding hydrogens is 358 g/mol. The van der Waals surface area contributed by atoms with Gasteiger partial charge >= 0.3 is 5.69 Å². The van der Waals surface area contributed by atoms with Crippen LogP contribution in [-0.4, -0.2) is 35.4 Å². The van der Waals surface area contributed by atoms with Crippen LogP contribution in [0.1, 0.15) is 30.9 Å². The molecule has 0 unspecified atom stereocenters. The highest BCUT2D eigenvalue weighted by Crippen LogP contribution is 2.19. The highest BCUT2D eigenvalue weighted by Gasteiger charge is 2.23. The van der Waals surface area contributed by atoms with E-state index < -0.39 is 5.69 Å². The number of anilines is 2. The Morgan fingerprint density at radius 3 is 2.43 bits per heavy atom. The predicted octanol–water partition coefficient (Wildman–Crippen LogP) is 1.15. The van der Waals surface area contributed by atoms with Crippen LogP contribution in [0.2, 0.25) is 0 Å². The molecule has 0 saturated carbocycles. The van der Waals surface area contributed by atoms with Crippen LogP contribution in [0, 0.1) is 11.3 Å². The molecule has 28 heavy (non-hydrogen) atoms. The van der Waals surface area contributed by atoms with Gasteiger partial charge in [0.05, 0.1) is 31.4 Å². The number of nitrogens with two attached hydrogens (primary N) is 1. The molecule has 0 radical (unpaired) electrons. The molecule has 1 aromatic heterocycles. The molecule has 1 aromatic carbocycles. The van der Waals surface area contributed by atoms with Crippen molar-refractivity contribution < 1.29 is 4.74 Å². The second kappa shape index (κ2) is 8.76. The van der Waals surface area contributed by atoms with Crippen molar-refractivity contribution in [3.05, 3.63) is 56.2 Å². The maximum atomic E-state index is 13.2. The smallest absolute Gasteiger partial charge is 0.332 e. The molecule has 2 aromatic rings. The minimum atomic E-state index is -0.405. The fraction of sp³-hybridized carbons (Fsp3) is 0.450. The molecule has 2 heterocycles. The van der Waals surface area contributed by atoms with Crippen LogP contribution in [0.4, 0.5) is 11.5 Å². The van der Waals surface area contributed by atoms with E-state index in [2.05, 4.69) is 6.07 Å². The summed E-state index contributed by atoms with van der Waals surface area (Å²) in [6.07, 6.45) is 1.70. The van der Waals surface area contributed by atoms with Crippen LogP contribution in [0.25, 0.3) is 0 Å². The lowest BCUT2D eigenvalue weighted by Crippen LogP contribution is -2.47. The monoisotopic (exact) mass is 383 g/mol. The average molecular weight is 383 g/mol. The maximum absolute atomic E-state index is 13.2. The molecule has 0 bridgehead atoms. The zero-order chi connectivity index (χ0) is 20.1. The predicted molar refractivity (Wildman–Crippen MR) is 108 cm³/mol. The lowest BCUT2D eigenvalue weighted by Gasteiger charge is -2.30. The topological polar surface area (TPSA) is 106 Å².